The molecule has 7 aromatic carbocycles. The molecule has 1 aromatic heterocycles. The molecule has 0 bridgehead atoms. The molecule has 0 spiro atoms. The molecule has 0 fully saturated rings. The lowest BCUT2D eigenvalue weighted by molar-refractivity contribution is 1.19. The van der Waals surface area contributed by atoms with Crippen LogP contribution in [0.25, 0.3) is 82.0 Å². The van der Waals surface area contributed by atoms with Gasteiger partial charge in [0.25, 0.3) is 0 Å². The zero-order valence-corrected chi connectivity index (χ0v) is 23.5. The van der Waals surface area contributed by atoms with Crippen molar-refractivity contribution in [1.29, 1.82) is 0 Å². The van der Waals surface area contributed by atoms with Crippen molar-refractivity contribution in [3.05, 3.63) is 163 Å². The molecule has 1 aliphatic heterocycles. The van der Waals surface area contributed by atoms with Crippen LogP contribution in [0.4, 0.5) is 0 Å². The first-order valence-corrected chi connectivity index (χ1v) is 14.8. The zero-order valence-electron chi connectivity index (χ0n) is 23.5. The molecule has 2 heteroatoms. The SMILES string of the molecule is C1=CC[N-]C(c2ccc3c(ccc4c5ccc(-c6cccc7ccccc67)cc5n(-c5ccc6ccccc6c5)c34)c2)=C1. The lowest BCUT2D eigenvalue weighted by Crippen LogP contribution is -1.95. The second-order valence-electron chi connectivity index (χ2n) is 11.3. The number of hydrogen-bond acceptors (Lipinski definition) is 0. The van der Waals surface area contributed by atoms with E-state index in [0.29, 0.717) is 0 Å². The molecule has 8 aromatic rings. The van der Waals surface area contributed by atoms with E-state index < -0.39 is 0 Å². The maximum absolute atomic E-state index is 4.73. The molecule has 0 saturated heterocycles. The van der Waals surface area contributed by atoms with Gasteiger partial charge in [-0.25, -0.2) is 0 Å². The van der Waals surface area contributed by atoms with E-state index in [0.717, 1.165) is 17.8 Å². The largest absolute Gasteiger partial charge is 0.681 e. The minimum Gasteiger partial charge on any atom is -0.681 e. The molecule has 0 saturated carbocycles. The van der Waals surface area contributed by atoms with Gasteiger partial charge in [-0.05, 0) is 67.9 Å². The van der Waals surface area contributed by atoms with Crippen LogP contribution in [0, 0.1) is 0 Å². The molecule has 1 aliphatic rings. The van der Waals surface area contributed by atoms with Gasteiger partial charge in [-0.2, -0.15) is 0 Å². The quantitative estimate of drug-likeness (QED) is 0.210. The minimum atomic E-state index is 0.734. The van der Waals surface area contributed by atoms with E-state index in [9.17, 15) is 0 Å². The molecule has 0 aliphatic carbocycles. The summed E-state index contributed by atoms with van der Waals surface area (Å²) < 4.78 is 2.47. The summed E-state index contributed by atoms with van der Waals surface area (Å²) in [7, 11) is 0. The standard InChI is InChI=1S/C41H27N2/c1-2-10-29-25-33(19-15-27(29)8-1)43-40-26-31(35-13-7-11-28-9-3-4-12-34(28)35)16-21-37(40)38-22-17-30-24-32(18-20-36(30)41(38)43)39-14-5-6-23-42-39/h1-22,24-26H,23H2/q-1. The van der Waals surface area contributed by atoms with Gasteiger partial charge < -0.3 is 9.88 Å². The third kappa shape index (κ3) is 3.80. The van der Waals surface area contributed by atoms with Crippen molar-refractivity contribution in [1.82, 2.24) is 4.57 Å². The average Bonchev–Trinajstić information content (AvgIpc) is 3.42. The Morgan fingerprint density at radius 2 is 1.28 bits per heavy atom. The van der Waals surface area contributed by atoms with Crippen molar-refractivity contribution < 1.29 is 0 Å². The first-order valence-electron chi connectivity index (χ1n) is 14.8. The van der Waals surface area contributed by atoms with Crippen LogP contribution >= 0.6 is 0 Å². The van der Waals surface area contributed by atoms with E-state index in [1.807, 2.05) is 0 Å². The average molecular weight is 548 g/mol. The summed E-state index contributed by atoms with van der Waals surface area (Å²) in [5, 5.41) is 14.7. The van der Waals surface area contributed by atoms with Gasteiger partial charge >= 0.3 is 0 Å². The van der Waals surface area contributed by atoms with E-state index in [1.165, 1.54) is 70.9 Å². The van der Waals surface area contributed by atoms with E-state index >= 15 is 0 Å². The van der Waals surface area contributed by atoms with E-state index in [2.05, 4.69) is 156 Å². The molecule has 43 heavy (non-hydrogen) atoms. The van der Waals surface area contributed by atoms with Gasteiger partial charge in [0.05, 0.1) is 11.0 Å². The Bertz CT molecular complexity index is 2450. The fourth-order valence-corrected chi connectivity index (χ4v) is 6.84. The van der Waals surface area contributed by atoms with Crippen LogP contribution in [0.3, 0.4) is 0 Å². The molecule has 2 heterocycles. The summed E-state index contributed by atoms with van der Waals surface area (Å²) in [6.07, 6.45) is 6.29. The Morgan fingerprint density at radius 1 is 0.512 bits per heavy atom. The van der Waals surface area contributed by atoms with Gasteiger partial charge in [0.15, 0.2) is 0 Å². The number of hydrogen-bond donors (Lipinski definition) is 0. The van der Waals surface area contributed by atoms with Gasteiger partial charge in [-0.1, -0.05) is 121 Å². The summed E-state index contributed by atoms with van der Waals surface area (Å²) in [5.41, 5.74) is 8.28. The highest BCUT2D eigenvalue weighted by atomic mass is 15.0. The molecule has 2 nitrogen and oxygen atoms in total. The second kappa shape index (κ2) is 9.47. The topological polar surface area (TPSA) is 19.0 Å². The number of fused-ring (bicyclic) bond motifs is 7. The maximum atomic E-state index is 4.73. The van der Waals surface area contributed by atoms with E-state index in [4.69, 9.17) is 5.32 Å². The minimum absolute atomic E-state index is 0.734. The number of nitrogens with zero attached hydrogens (tertiary/aromatic N) is 2. The second-order valence-corrected chi connectivity index (χ2v) is 11.3. The Kier molecular flexibility index (Phi) is 5.30. The van der Waals surface area contributed by atoms with Gasteiger partial charge in [0, 0.05) is 21.8 Å². The maximum Gasteiger partial charge on any atom is 0.0619 e. The van der Waals surface area contributed by atoms with Crippen LogP contribution in [-0.2, 0) is 0 Å². The Hall–Kier alpha value is -5.60. The van der Waals surface area contributed by atoms with Crippen molar-refractivity contribution >= 4 is 59.8 Å². The van der Waals surface area contributed by atoms with Crippen LogP contribution in [-0.4, -0.2) is 11.1 Å². The molecule has 202 valence electrons. The lowest BCUT2D eigenvalue weighted by atomic mass is 9.97. The molecule has 0 amide bonds. The zero-order chi connectivity index (χ0) is 28.3. The van der Waals surface area contributed by atoms with Gasteiger partial charge in [-0.15, -0.1) is 18.3 Å². The van der Waals surface area contributed by atoms with Crippen molar-refractivity contribution in [2.45, 2.75) is 0 Å². The normalized spacial score (nSPS) is 13.3. The van der Waals surface area contributed by atoms with Gasteiger partial charge in [0.1, 0.15) is 0 Å². The summed E-state index contributed by atoms with van der Waals surface area (Å²) in [5.74, 6) is 0. The Balaban J connectivity index is 1.36. The van der Waals surface area contributed by atoms with Crippen LogP contribution in [0.1, 0.15) is 5.56 Å². The lowest BCUT2D eigenvalue weighted by Gasteiger charge is -2.26. The van der Waals surface area contributed by atoms with Crippen molar-refractivity contribution in [3.63, 3.8) is 0 Å². The molecule has 0 N–H and O–H groups in total. The first kappa shape index (κ1) is 24.0. The van der Waals surface area contributed by atoms with Crippen LogP contribution in [0.5, 0.6) is 0 Å². The smallest absolute Gasteiger partial charge is 0.0619 e. The van der Waals surface area contributed by atoms with Crippen LogP contribution < -0.4 is 0 Å². The highest BCUT2D eigenvalue weighted by molar-refractivity contribution is 6.19. The molecular formula is C41H27N2-. The summed E-state index contributed by atoms with van der Waals surface area (Å²) in [4.78, 5) is 0. The van der Waals surface area contributed by atoms with Gasteiger partial charge in [-0.3, -0.25) is 0 Å². The molecule has 9 rings (SSSR count). The summed E-state index contributed by atoms with van der Waals surface area (Å²) in [6.45, 7) is 0.734. The molecule has 0 unspecified atom stereocenters. The van der Waals surface area contributed by atoms with Crippen molar-refractivity contribution in [3.8, 4) is 16.8 Å². The van der Waals surface area contributed by atoms with Crippen LogP contribution in [0.15, 0.2) is 152 Å². The predicted molar refractivity (Wildman–Crippen MR) is 184 cm³/mol. The van der Waals surface area contributed by atoms with E-state index in [-0.39, 0.29) is 0 Å². The molecule has 0 atom stereocenters. The van der Waals surface area contributed by atoms with Crippen molar-refractivity contribution in [2.75, 3.05) is 6.54 Å². The van der Waals surface area contributed by atoms with Crippen LogP contribution in [0.2, 0.25) is 0 Å². The fourth-order valence-electron chi connectivity index (χ4n) is 6.84. The number of allylic oxidation sites excluding steroid dienone is 2. The number of benzene rings is 7. The summed E-state index contributed by atoms with van der Waals surface area (Å²) >= 11 is 0. The first-order chi connectivity index (χ1) is 21.3. The highest BCUT2D eigenvalue weighted by Gasteiger charge is 2.17. The predicted octanol–water partition coefficient (Wildman–Crippen LogP) is 11.2. The Morgan fingerprint density at radius 3 is 2.19 bits per heavy atom. The van der Waals surface area contributed by atoms with Gasteiger partial charge in [0.2, 0.25) is 0 Å². The molecule has 0 radical (unpaired) electrons. The Labute approximate surface area is 249 Å². The third-order valence-electron chi connectivity index (χ3n) is 8.89. The molecular weight excluding hydrogens is 520 g/mol. The monoisotopic (exact) mass is 547 g/mol. The third-order valence-corrected chi connectivity index (χ3v) is 8.89. The van der Waals surface area contributed by atoms with Crippen molar-refractivity contribution in [2.24, 2.45) is 0 Å². The fraction of sp³-hybridized carbons (Fsp3) is 0.0244. The number of rotatable bonds is 3. The highest BCUT2D eigenvalue weighted by Crippen LogP contribution is 2.40. The van der Waals surface area contributed by atoms with E-state index in [1.54, 1.807) is 0 Å². The number of aromatic nitrogens is 1. The summed E-state index contributed by atoms with van der Waals surface area (Å²) in [6, 6.07) is 49.0.